The molecule has 0 fully saturated rings. The molecule has 0 unspecified atom stereocenters. The van der Waals surface area contributed by atoms with E-state index >= 15 is 0 Å². The molecular weight excluding hydrogens is 188 g/mol. The van der Waals surface area contributed by atoms with Gasteiger partial charge in [0.2, 0.25) is 0 Å². The third-order valence-corrected chi connectivity index (χ3v) is 2.21. The average Bonchev–Trinajstić information content (AvgIpc) is 2.26. The molecule has 0 aromatic heterocycles. The van der Waals surface area contributed by atoms with Crippen LogP contribution >= 0.6 is 0 Å². The quantitative estimate of drug-likeness (QED) is 0.277. The molecule has 0 saturated carbocycles. The van der Waals surface area contributed by atoms with Crippen LogP contribution in [0.5, 0.6) is 0 Å². The summed E-state index contributed by atoms with van der Waals surface area (Å²) < 4.78 is 4.58. The van der Waals surface area contributed by atoms with Crippen LogP contribution in [-0.4, -0.2) is 13.1 Å². The van der Waals surface area contributed by atoms with Crippen molar-refractivity contribution < 1.29 is 9.53 Å². The van der Waals surface area contributed by atoms with E-state index in [0.29, 0.717) is 5.57 Å². The van der Waals surface area contributed by atoms with E-state index in [-0.39, 0.29) is 5.97 Å². The Morgan fingerprint density at radius 3 is 2.60 bits per heavy atom. The molecule has 0 atom stereocenters. The van der Waals surface area contributed by atoms with Crippen LogP contribution in [0.1, 0.15) is 46.0 Å². The smallest absolute Gasteiger partial charge is 0.333 e. The van der Waals surface area contributed by atoms with Crippen LogP contribution in [-0.2, 0) is 9.53 Å². The van der Waals surface area contributed by atoms with E-state index in [1.54, 1.807) is 13.0 Å². The largest absolute Gasteiger partial charge is 0.466 e. The Bertz CT molecular complexity index is 227. The number of hydrogen-bond donors (Lipinski definition) is 0. The number of methoxy groups -OCH3 is 1. The van der Waals surface area contributed by atoms with Crippen LogP contribution in [0.15, 0.2) is 23.8 Å². The van der Waals surface area contributed by atoms with Crippen molar-refractivity contribution in [2.45, 2.75) is 46.0 Å². The van der Waals surface area contributed by atoms with Crippen molar-refractivity contribution in [3.8, 4) is 0 Å². The minimum Gasteiger partial charge on any atom is -0.466 e. The highest BCUT2D eigenvalue weighted by Crippen LogP contribution is 2.03. The summed E-state index contributed by atoms with van der Waals surface area (Å²) >= 11 is 0. The van der Waals surface area contributed by atoms with E-state index in [4.69, 9.17) is 0 Å². The molecular formula is C13H22O2. The third-order valence-electron chi connectivity index (χ3n) is 2.21. The molecule has 0 heterocycles. The zero-order chi connectivity index (χ0) is 11.5. The highest BCUT2D eigenvalue weighted by atomic mass is 16.5. The summed E-state index contributed by atoms with van der Waals surface area (Å²) in [6.07, 6.45) is 12.0. The topological polar surface area (TPSA) is 26.3 Å². The first-order chi connectivity index (χ1) is 7.22. The molecule has 0 aliphatic heterocycles. The fourth-order valence-corrected chi connectivity index (χ4v) is 1.23. The van der Waals surface area contributed by atoms with Crippen LogP contribution in [0.25, 0.3) is 0 Å². The van der Waals surface area contributed by atoms with Crippen LogP contribution in [0.3, 0.4) is 0 Å². The predicted octanol–water partition coefficient (Wildman–Crippen LogP) is 3.63. The molecule has 86 valence electrons. The molecule has 0 radical (unpaired) electrons. The molecule has 0 aliphatic carbocycles. The lowest BCUT2D eigenvalue weighted by molar-refractivity contribution is -0.136. The molecule has 2 nitrogen and oxygen atoms in total. The van der Waals surface area contributed by atoms with Crippen LogP contribution in [0.2, 0.25) is 0 Å². The second-order valence-corrected chi connectivity index (χ2v) is 3.62. The Balaban J connectivity index is 3.64. The van der Waals surface area contributed by atoms with Gasteiger partial charge in [0.25, 0.3) is 0 Å². The molecule has 0 bridgehead atoms. The Morgan fingerprint density at radius 2 is 2.00 bits per heavy atom. The van der Waals surface area contributed by atoms with E-state index in [9.17, 15) is 4.79 Å². The molecule has 0 aliphatic rings. The number of carbonyl (C=O) groups excluding carboxylic acids is 1. The molecule has 0 aromatic carbocycles. The zero-order valence-corrected chi connectivity index (χ0v) is 10.1. The molecule has 2 heteroatoms. The van der Waals surface area contributed by atoms with E-state index in [2.05, 4.69) is 17.7 Å². The average molecular weight is 210 g/mol. The third kappa shape index (κ3) is 7.98. The van der Waals surface area contributed by atoms with Gasteiger partial charge in [0, 0.05) is 5.57 Å². The molecule has 0 spiro atoms. The summed E-state index contributed by atoms with van der Waals surface area (Å²) in [4.78, 5) is 11.0. The molecule has 0 N–H and O–H groups in total. The summed E-state index contributed by atoms with van der Waals surface area (Å²) in [5.74, 6) is -0.259. The van der Waals surface area contributed by atoms with Crippen molar-refractivity contribution in [2.75, 3.05) is 7.11 Å². The van der Waals surface area contributed by atoms with Crippen LogP contribution in [0.4, 0.5) is 0 Å². The van der Waals surface area contributed by atoms with Gasteiger partial charge in [-0.05, 0) is 19.8 Å². The summed E-state index contributed by atoms with van der Waals surface area (Å²) in [5.41, 5.74) is 0.641. The van der Waals surface area contributed by atoms with E-state index in [0.717, 1.165) is 6.42 Å². The van der Waals surface area contributed by atoms with Crippen molar-refractivity contribution in [3.05, 3.63) is 23.8 Å². The van der Waals surface area contributed by atoms with E-state index < -0.39 is 0 Å². The fraction of sp³-hybridized carbons (Fsp3) is 0.615. The van der Waals surface area contributed by atoms with Crippen LogP contribution in [0, 0.1) is 0 Å². The van der Waals surface area contributed by atoms with Gasteiger partial charge in [0.15, 0.2) is 0 Å². The summed E-state index contributed by atoms with van der Waals surface area (Å²) in [7, 11) is 1.40. The first-order valence-corrected chi connectivity index (χ1v) is 5.64. The fourth-order valence-electron chi connectivity index (χ4n) is 1.23. The number of unbranched alkanes of at least 4 members (excludes halogenated alkanes) is 4. The van der Waals surface area contributed by atoms with E-state index in [1.807, 2.05) is 6.08 Å². The molecule has 0 amide bonds. The number of ether oxygens (including phenoxy) is 1. The summed E-state index contributed by atoms with van der Waals surface area (Å²) in [6, 6.07) is 0. The van der Waals surface area contributed by atoms with Gasteiger partial charge in [-0.3, -0.25) is 0 Å². The number of esters is 1. The minimum atomic E-state index is -0.259. The Hall–Kier alpha value is -1.05. The van der Waals surface area contributed by atoms with Gasteiger partial charge in [0.1, 0.15) is 0 Å². The summed E-state index contributed by atoms with van der Waals surface area (Å²) in [6.45, 7) is 3.96. The number of rotatable bonds is 7. The second-order valence-electron chi connectivity index (χ2n) is 3.62. The van der Waals surface area contributed by atoms with Gasteiger partial charge in [-0.1, -0.05) is 44.4 Å². The van der Waals surface area contributed by atoms with Crippen LogP contribution < -0.4 is 0 Å². The van der Waals surface area contributed by atoms with Crippen molar-refractivity contribution in [3.63, 3.8) is 0 Å². The monoisotopic (exact) mass is 210 g/mol. The molecule has 0 rings (SSSR count). The maximum absolute atomic E-state index is 11.0. The zero-order valence-electron chi connectivity index (χ0n) is 10.1. The number of hydrogen-bond acceptors (Lipinski definition) is 2. The van der Waals surface area contributed by atoms with Crippen molar-refractivity contribution >= 4 is 5.97 Å². The lowest BCUT2D eigenvalue weighted by Gasteiger charge is -1.96. The van der Waals surface area contributed by atoms with Gasteiger partial charge in [-0.2, -0.15) is 0 Å². The lowest BCUT2D eigenvalue weighted by atomic mass is 10.1. The highest BCUT2D eigenvalue weighted by molar-refractivity contribution is 5.87. The van der Waals surface area contributed by atoms with Gasteiger partial charge in [0.05, 0.1) is 7.11 Å². The van der Waals surface area contributed by atoms with Crippen molar-refractivity contribution in [1.82, 2.24) is 0 Å². The Labute approximate surface area is 93.0 Å². The SMILES string of the molecule is CCCCCCC=CC=C(C)C(=O)OC. The highest BCUT2D eigenvalue weighted by Gasteiger charge is 1.99. The predicted molar refractivity (Wildman–Crippen MR) is 63.7 cm³/mol. The van der Waals surface area contributed by atoms with Crippen molar-refractivity contribution in [1.29, 1.82) is 0 Å². The minimum absolute atomic E-state index is 0.259. The first kappa shape index (κ1) is 13.9. The molecule has 0 saturated heterocycles. The van der Waals surface area contributed by atoms with Gasteiger partial charge < -0.3 is 4.74 Å². The second kappa shape index (κ2) is 9.50. The van der Waals surface area contributed by atoms with E-state index in [1.165, 1.54) is 32.8 Å². The molecule has 0 aromatic rings. The molecule has 15 heavy (non-hydrogen) atoms. The number of allylic oxidation sites excluding steroid dienone is 3. The Morgan fingerprint density at radius 1 is 1.27 bits per heavy atom. The van der Waals surface area contributed by atoms with Crippen molar-refractivity contribution in [2.24, 2.45) is 0 Å². The first-order valence-electron chi connectivity index (χ1n) is 5.64. The number of carbonyl (C=O) groups is 1. The van der Waals surface area contributed by atoms with Gasteiger partial charge >= 0.3 is 5.97 Å². The Kier molecular flexibility index (Phi) is 8.84. The maximum atomic E-state index is 11.0. The lowest BCUT2D eigenvalue weighted by Crippen LogP contribution is -2.00. The normalized spacial score (nSPS) is 12.1. The van der Waals surface area contributed by atoms with Gasteiger partial charge in [-0.15, -0.1) is 0 Å². The van der Waals surface area contributed by atoms with Gasteiger partial charge in [-0.25, -0.2) is 4.79 Å². The maximum Gasteiger partial charge on any atom is 0.333 e. The summed E-state index contributed by atoms with van der Waals surface area (Å²) in [5, 5.41) is 0. The standard InChI is InChI=1S/C13H22O2/c1-4-5-6-7-8-9-10-11-12(2)13(14)15-3/h9-11H,4-8H2,1-3H3.